The van der Waals surface area contributed by atoms with E-state index in [0.29, 0.717) is 6.04 Å². The zero-order valence-electron chi connectivity index (χ0n) is 10.8. The van der Waals surface area contributed by atoms with E-state index in [0.717, 1.165) is 5.92 Å². The van der Waals surface area contributed by atoms with Crippen molar-refractivity contribution in [1.82, 2.24) is 9.78 Å². The molecule has 2 rings (SSSR count). The van der Waals surface area contributed by atoms with Crippen LogP contribution in [0.15, 0.2) is 18.8 Å². The van der Waals surface area contributed by atoms with E-state index in [1.54, 1.807) is 0 Å². The number of allylic oxidation sites excluding steroid dienone is 1. The summed E-state index contributed by atoms with van der Waals surface area (Å²) in [5.74, 6) is 0.825. The van der Waals surface area contributed by atoms with E-state index in [9.17, 15) is 0 Å². The molecule has 16 heavy (non-hydrogen) atoms. The van der Waals surface area contributed by atoms with Gasteiger partial charge in [-0.2, -0.15) is 5.10 Å². The minimum absolute atomic E-state index is 0.112. The van der Waals surface area contributed by atoms with Crippen molar-refractivity contribution in [3.05, 3.63) is 24.5 Å². The van der Waals surface area contributed by atoms with Crippen LogP contribution in [0.3, 0.4) is 0 Å². The standard InChI is InChI=1S/C14H22N2/c1-10(14(3,4)5)13-8-9-15-16(13)11(2)12-6-7-12/h8-9,11-12H,1,6-7H2,2-5H3. The predicted octanol–water partition coefficient (Wildman–Crippen LogP) is 3.91. The highest BCUT2D eigenvalue weighted by Gasteiger charge is 2.31. The Morgan fingerprint density at radius 3 is 2.62 bits per heavy atom. The molecule has 1 heterocycles. The molecule has 1 unspecified atom stereocenters. The molecule has 0 amide bonds. The zero-order chi connectivity index (χ0) is 11.9. The molecule has 0 saturated heterocycles. The highest BCUT2D eigenvalue weighted by atomic mass is 15.3. The summed E-state index contributed by atoms with van der Waals surface area (Å²) >= 11 is 0. The van der Waals surface area contributed by atoms with Crippen LogP contribution in [-0.2, 0) is 0 Å². The molecule has 0 aromatic carbocycles. The van der Waals surface area contributed by atoms with Crippen LogP contribution in [0.2, 0.25) is 0 Å². The molecule has 0 bridgehead atoms. The molecule has 1 aromatic rings. The summed E-state index contributed by atoms with van der Waals surface area (Å²) in [6, 6.07) is 2.61. The Hall–Kier alpha value is -1.05. The molecule has 0 aliphatic heterocycles. The minimum atomic E-state index is 0.112. The summed E-state index contributed by atoms with van der Waals surface area (Å²) < 4.78 is 2.16. The van der Waals surface area contributed by atoms with Crippen LogP contribution in [0, 0.1) is 11.3 Å². The van der Waals surface area contributed by atoms with E-state index in [-0.39, 0.29) is 5.41 Å². The third-order valence-corrected chi connectivity index (χ3v) is 3.57. The van der Waals surface area contributed by atoms with Crippen LogP contribution in [0.4, 0.5) is 0 Å². The summed E-state index contributed by atoms with van der Waals surface area (Å²) in [4.78, 5) is 0. The Morgan fingerprint density at radius 2 is 2.12 bits per heavy atom. The first-order valence-electron chi connectivity index (χ1n) is 6.14. The fourth-order valence-corrected chi connectivity index (χ4v) is 2.04. The van der Waals surface area contributed by atoms with Crippen molar-refractivity contribution in [1.29, 1.82) is 0 Å². The van der Waals surface area contributed by atoms with Crippen LogP contribution in [0.25, 0.3) is 5.57 Å². The normalized spacial score (nSPS) is 18.5. The van der Waals surface area contributed by atoms with Gasteiger partial charge in [-0.15, -0.1) is 0 Å². The second kappa shape index (κ2) is 3.76. The maximum atomic E-state index is 4.47. The van der Waals surface area contributed by atoms with Crippen LogP contribution >= 0.6 is 0 Å². The van der Waals surface area contributed by atoms with Crippen molar-refractivity contribution in [3.8, 4) is 0 Å². The third-order valence-electron chi connectivity index (χ3n) is 3.57. The second-order valence-electron chi connectivity index (χ2n) is 5.97. The summed E-state index contributed by atoms with van der Waals surface area (Å²) in [5.41, 5.74) is 2.49. The van der Waals surface area contributed by atoms with Gasteiger partial charge in [-0.1, -0.05) is 27.4 Å². The van der Waals surface area contributed by atoms with Gasteiger partial charge in [0.1, 0.15) is 0 Å². The molecule has 0 radical (unpaired) electrons. The number of hydrogen-bond donors (Lipinski definition) is 0. The van der Waals surface area contributed by atoms with Crippen molar-refractivity contribution in [2.45, 2.75) is 46.6 Å². The van der Waals surface area contributed by atoms with Crippen LogP contribution in [-0.4, -0.2) is 9.78 Å². The number of hydrogen-bond acceptors (Lipinski definition) is 1. The van der Waals surface area contributed by atoms with E-state index in [2.05, 4.69) is 50.1 Å². The number of nitrogens with zero attached hydrogens (tertiary/aromatic N) is 2. The van der Waals surface area contributed by atoms with Crippen LogP contribution in [0.1, 0.15) is 52.3 Å². The highest BCUT2D eigenvalue weighted by Crippen LogP contribution is 2.41. The Labute approximate surface area is 98.4 Å². The molecule has 1 aromatic heterocycles. The van der Waals surface area contributed by atoms with Gasteiger partial charge >= 0.3 is 0 Å². The fraction of sp³-hybridized carbons (Fsp3) is 0.643. The highest BCUT2D eigenvalue weighted by molar-refractivity contribution is 5.64. The van der Waals surface area contributed by atoms with Gasteiger partial charge < -0.3 is 0 Å². The summed E-state index contributed by atoms with van der Waals surface area (Å²) in [6.45, 7) is 13.1. The SMILES string of the molecule is C=C(c1ccnn1C(C)C1CC1)C(C)(C)C. The van der Waals surface area contributed by atoms with E-state index in [1.165, 1.54) is 24.1 Å². The van der Waals surface area contributed by atoms with E-state index >= 15 is 0 Å². The maximum absolute atomic E-state index is 4.47. The topological polar surface area (TPSA) is 17.8 Å². The quantitative estimate of drug-likeness (QED) is 0.752. The lowest BCUT2D eigenvalue weighted by Crippen LogP contribution is -2.16. The molecular formula is C14H22N2. The van der Waals surface area contributed by atoms with Gasteiger partial charge in [0.15, 0.2) is 0 Å². The summed E-state index contributed by atoms with van der Waals surface area (Å²) in [6.07, 6.45) is 4.59. The molecule has 2 heteroatoms. The van der Waals surface area contributed by atoms with E-state index < -0.39 is 0 Å². The van der Waals surface area contributed by atoms with Gasteiger partial charge in [-0.3, -0.25) is 4.68 Å². The average molecular weight is 218 g/mol. The molecule has 1 aliphatic rings. The largest absolute Gasteiger partial charge is 0.262 e. The van der Waals surface area contributed by atoms with Gasteiger partial charge in [0.2, 0.25) is 0 Å². The van der Waals surface area contributed by atoms with Gasteiger partial charge in [-0.25, -0.2) is 0 Å². The van der Waals surface area contributed by atoms with Crippen molar-refractivity contribution in [3.63, 3.8) is 0 Å². The smallest absolute Gasteiger partial charge is 0.0644 e. The van der Waals surface area contributed by atoms with Crippen molar-refractivity contribution < 1.29 is 0 Å². The first-order chi connectivity index (χ1) is 7.41. The van der Waals surface area contributed by atoms with Gasteiger partial charge in [0.05, 0.1) is 11.7 Å². The third kappa shape index (κ3) is 2.06. The maximum Gasteiger partial charge on any atom is 0.0644 e. The van der Waals surface area contributed by atoms with Crippen molar-refractivity contribution in [2.24, 2.45) is 11.3 Å². The van der Waals surface area contributed by atoms with Gasteiger partial charge in [0.25, 0.3) is 0 Å². The van der Waals surface area contributed by atoms with Crippen molar-refractivity contribution in [2.75, 3.05) is 0 Å². The Morgan fingerprint density at radius 1 is 1.50 bits per heavy atom. The molecule has 0 spiro atoms. The Kier molecular flexibility index (Phi) is 2.69. The number of aromatic nitrogens is 2. The molecule has 2 nitrogen and oxygen atoms in total. The molecule has 1 atom stereocenters. The fourth-order valence-electron chi connectivity index (χ4n) is 2.04. The first kappa shape index (κ1) is 11.4. The average Bonchev–Trinajstić information content (AvgIpc) is 2.92. The van der Waals surface area contributed by atoms with Gasteiger partial charge in [-0.05, 0) is 42.7 Å². The monoisotopic (exact) mass is 218 g/mol. The summed E-state index contributed by atoms with van der Waals surface area (Å²) in [7, 11) is 0. The predicted molar refractivity (Wildman–Crippen MR) is 68.2 cm³/mol. The Bertz CT molecular complexity index is 391. The van der Waals surface area contributed by atoms with E-state index in [4.69, 9.17) is 0 Å². The molecule has 0 N–H and O–H groups in total. The molecule has 88 valence electrons. The second-order valence-corrected chi connectivity index (χ2v) is 5.97. The zero-order valence-corrected chi connectivity index (χ0v) is 10.8. The lowest BCUT2D eigenvalue weighted by atomic mass is 9.85. The molecule has 1 fully saturated rings. The number of rotatable bonds is 3. The Balaban J connectivity index is 2.28. The van der Waals surface area contributed by atoms with Crippen molar-refractivity contribution >= 4 is 5.57 Å². The van der Waals surface area contributed by atoms with Crippen LogP contribution in [0.5, 0.6) is 0 Å². The van der Waals surface area contributed by atoms with Crippen LogP contribution < -0.4 is 0 Å². The van der Waals surface area contributed by atoms with E-state index in [1.807, 2.05) is 6.20 Å². The van der Waals surface area contributed by atoms with Gasteiger partial charge in [0, 0.05) is 6.20 Å². The molecular weight excluding hydrogens is 196 g/mol. The molecule has 1 saturated carbocycles. The molecule has 1 aliphatic carbocycles. The summed E-state index contributed by atoms with van der Waals surface area (Å²) in [5, 5.41) is 4.47. The lowest BCUT2D eigenvalue weighted by Gasteiger charge is -2.24. The first-order valence-corrected chi connectivity index (χ1v) is 6.14. The lowest BCUT2D eigenvalue weighted by molar-refractivity contribution is 0.430. The minimum Gasteiger partial charge on any atom is -0.262 e.